The molecular formula is C26H24N4O4. The van der Waals surface area contributed by atoms with E-state index in [9.17, 15) is 10.2 Å². The number of aromatic hydroxyl groups is 2. The second-order valence-electron chi connectivity index (χ2n) is 8.23. The first-order valence-electron chi connectivity index (χ1n) is 10.9. The highest BCUT2D eigenvalue weighted by Gasteiger charge is 2.52. The Balaban J connectivity index is 1.34. The molecule has 8 heteroatoms. The Hall–Kier alpha value is -4.20. The second-order valence-corrected chi connectivity index (χ2v) is 8.23. The maximum Gasteiger partial charge on any atom is 0.166 e. The van der Waals surface area contributed by atoms with Gasteiger partial charge in [0.15, 0.2) is 23.0 Å². The summed E-state index contributed by atoms with van der Waals surface area (Å²) in [4.78, 5) is 0. The van der Waals surface area contributed by atoms with Gasteiger partial charge in [-0.1, -0.05) is 30.4 Å². The van der Waals surface area contributed by atoms with Crippen molar-refractivity contribution in [2.75, 3.05) is 14.2 Å². The van der Waals surface area contributed by atoms with Gasteiger partial charge in [0, 0.05) is 28.9 Å². The minimum atomic E-state index is 0.0333. The number of benzene rings is 2. The summed E-state index contributed by atoms with van der Waals surface area (Å²) in [6, 6.07) is 10.4. The lowest BCUT2D eigenvalue weighted by atomic mass is 9.85. The Labute approximate surface area is 197 Å². The van der Waals surface area contributed by atoms with Gasteiger partial charge in [-0.2, -0.15) is 20.4 Å². The summed E-state index contributed by atoms with van der Waals surface area (Å²) in [6.45, 7) is 0. The third-order valence-electron chi connectivity index (χ3n) is 6.50. The number of para-hydroxylation sites is 2. The lowest BCUT2D eigenvalue weighted by molar-refractivity contribution is 0.373. The standard InChI is InChI=1S/C26H24N4O4/c1-33-21-7-3-5-15(25(21)31)13-27-29-20-12-11-17-18-9-10-19(23(17)20)24(18)30-28-14-16-6-4-8-22(34-2)26(16)32/h3-14,17-19,23,31-32H,1-2H3/b27-13-,28-14+,29-20-,30-24?/t17?,18-,19+,23?/m1/s1. The maximum absolute atomic E-state index is 10.2. The molecule has 0 heterocycles. The number of allylic oxidation sites excluding steroid dienone is 4. The summed E-state index contributed by atoms with van der Waals surface area (Å²) in [5.41, 5.74) is 2.94. The number of ether oxygens (including phenoxy) is 2. The number of phenols is 2. The van der Waals surface area contributed by atoms with Crippen LogP contribution in [0, 0.1) is 23.7 Å². The number of hydrogen-bond donors (Lipinski definition) is 2. The largest absolute Gasteiger partial charge is 0.504 e. The zero-order valence-electron chi connectivity index (χ0n) is 18.7. The van der Waals surface area contributed by atoms with Crippen LogP contribution in [0.1, 0.15) is 11.1 Å². The molecule has 172 valence electrons. The first-order chi connectivity index (χ1) is 16.6. The molecule has 0 radical (unpaired) electrons. The molecule has 34 heavy (non-hydrogen) atoms. The van der Waals surface area contributed by atoms with E-state index in [0.717, 1.165) is 11.4 Å². The SMILES string of the molecule is COc1cccc(/C=N\N=C2\C=CC3C2[C@@H]2C=C[C@H]3C2=N/N=C/c2cccc(OC)c2O)c1O. The minimum absolute atomic E-state index is 0.0333. The van der Waals surface area contributed by atoms with Crippen molar-refractivity contribution in [2.45, 2.75) is 0 Å². The van der Waals surface area contributed by atoms with Crippen LogP contribution in [0.2, 0.25) is 0 Å². The Morgan fingerprint density at radius 2 is 1.35 bits per heavy atom. The van der Waals surface area contributed by atoms with Gasteiger partial charge in [-0.05, 0) is 36.3 Å². The number of fused-ring (bicyclic) bond motifs is 5. The van der Waals surface area contributed by atoms with Gasteiger partial charge >= 0.3 is 0 Å². The molecule has 3 aliphatic rings. The molecule has 3 aliphatic carbocycles. The van der Waals surface area contributed by atoms with Crippen molar-refractivity contribution in [1.29, 1.82) is 0 Å². The molecule has 0 aliphatic heterocycles. The Morgan fingerprint density at radius 3 is 1.97 bits per heavy atom. The van der Waals surface area contributed by atoms with Crippen molar-refractivity contribution in [2.24, 2.45) is 44.1 Å². The summed E-state index contributed by atoms with van der Waals surface area (Å²) in [5, 5.41) is 37.9. The fourth-order valence-corrected chi connectivity index (χ4v) is 4.86. The van der Waals surface area contributed by atoms with E-state index in [4.69, 9.17) is 9.47 Å². The summed E-state index contributed by atoms with van der Waals surface area (Å²) < 4.78 is 10.3. The number of hydrogen-bond acceptors (Lipinski definition) is 8. The molecule has 2 bridgehead atoms. The number of nitrogens with zero attached hydrogens (tertiary/aromatic N) is 4. The van der Waals surface area contributed by atoms with Gasteiger partial charge in [-0.3, -0.25) is 0 Å². The summed E-state index contributed by atoms with van der Waals surface area (Å²) in [6.07, 6.45) is 11.6. The van der Waals surface area contributed by atoms with Gasteiger partial charge in [0.05, 0.1) is 38.1 Å². The molecule has 0 amide bonds. The van der Waals surface area contributed by atoms with E-state index in [1.807, 2.05) is 6.08 Å². The molecule has 4 atom stereocenters. The quantitative estimate of drug-likeness (QED) is 0.389. The summed E-state index contributed by atoms with van der Waals surface area (Å²) in [7, 11) is 3.01. The predicted octanol–water partition coefficient (Wildman–Crippen LogP) is 3.98. The van der Waals surface area contributed by atoms with Crippen LogP contribution in [0.25, 0.3) is 0 Å². The van der Waals surface area contributed by atoms with Crippen LogP contribution in [0.15, 0.2) is 81.1 Å². The van der Waals surface area contributed by atoms with Crippen molar-refractivity contribution in [1.82, 2.24) is 0 Å². The summed E-state index contributed by atoms with van der Waals surface area (Å²) >= 11 is 0. The topological polar surface area (TPSA) is 108 Å². The van der Waals surface area contributed by atoms with Gasteiger partial charge in [0.2, 0.25) is 0 Å². The lowest BCUT2D eigenvalue weighted by Crippen LogP contribution is -2.20. The molecule has 8 nitrogen and oxygen atoms in total. The van der Waals surface area contributed by atoms with Crippen molar-refractivity contribution in [3.05, 3.63) is 71.8 Å². The molecule has 0 aromatic heterocycles. The normalized spacial score (nSPS) is 27.0. The van der Waals surface area contributed by atoms with E-state index in [-0.39, 0.29) is 35.2 Å². The van der Waals surface area contributed by atoms with Crippen LogP contribution in [0.4, 0.5) is 0 Å². The lowest BCUT2D eigenvalue weighted by Gasteiger charge is -2.18. The highest BCUT2D eigenvalue weighted by Crippen LogP contribution is 2.50. The molecule has 1 saturated carbocycles. The monoisotopic (exact) mass is 456 g/mol. The van der Waals surface area contributed by atoms with E-state index in [1.54, 1.807) is 36.4 Å². The van der Waals surface area contributed by atoms with Crippen LogP contribution in [0.3, 0.4) is 0 Å². The van der Waals surface area contributed by atoms with Crippen molar-refractivity contribution in [3.63, 3.8) is 0 Å². The van der Waals surface area contributed by atoms with Gasteiger partial charge in [-0.15, -0.1) is 0 Å². The van der Waals surface area contributed by atoms with Crippen LogP contribution in [0.5, 0.6) is 23.0 Å². The van der Waals surface area contributed by atoms with E-state index in [1.165, 1.54) is 26.6 Å². The van der Waals surface area contributed by atoms with Crippen LogP contribution in [-0.2, 0) is 0 Å². The Kier molecular flexibility index (Phi) is 5.71. The fourth-order valence-electron chi connectivity index (χ4n) is 4.86. The maximum atomic E-state index is 10.2. The molecule has 2 unspecified atom stereocenters. The Bertz CT molecular complexity index is 1290. The van der Waals surface area contributed by atoms with Crippen LogP contribution < -0.4 is 9.47 Å². The average molecular weight is 457 g/mol. The molecule has 2 aromatic rings. The van der Waals surface area contributed by atoms with E-state index >= 15 is 0 Å². The molecule has 2 aromatic carbocycles. The number of phenolic OH excluding ortho intramolecular Hbond substituents is 2. The highest BCUT2D eigenvalue weighted by atomic mass is 16.5. The first kappa shape index (κ1) is 21.6. The second kappa shape index (κ2) is 8.97. The van der Waals surface area contributed by atoms with Gasteiger partial charge < -0.3 is 19.7 Å². The predicted molar refractivity (Wildman–Crippen MR) is 132 cm³/mol. The van der Waals surface area contributed by atoms with Crippen LogP contribution >= 0.6 is 0 Å². The minimum Gasteiger partial charge on any atom is -0.504 e. The van der Waals surface area contributed by atoms with Crippen molar-refractivity contribution >= 4 is 23.9 Å². The Morgan fingerprint density at radius 1 is 0.765 bits per heavy atom. The van der Waals surface area contributed by atoms with Crippen LogP contribution in [-0.4, -0.2) is 48.3 Å². The molecule has 2 N–H and O–H groups in total. The third-order valence-corrected chi connectivity index (χ3v) is 6.50. The molecule has 1 fully saturated rings. The molecular weight excluding hydrogens is 432 g/mol. The number of rotatable bonds is 6. The molecule has 0 spiro atoms. The van der Waals surface area contributed by atoms with Crippen molar-refractivity contribution in [3.8, 4) is 23.0 Å². The van der Waals surface area contributed by atoms with E-state index < -0.39 is 0 Å². The third kappa shape index (κ3) is 3.67. The van der Waals surface area contributed by atoms with Crippen molar-refractivity contribution < 1.29 is 19.7 Å². The van der Waals surface area contributed by atoms with Gasteiger partial charge in [0.1, 0.15) is 0 Å². The summed E-state index contributed by atoms with van der Waals surface area (Å²) in [5.74, 6) is 1.55. The number of methoxy groups -OCH3 is 2. The smallest absolute Gasteiger partial charge is 0.166 e. The first-order valence-corrected chi connectivity index (χ1v) is 10.9. The zero-order valence-corrected chi connectivity index (χ0v) is 18.7. The zero-order chi connectivity index (χ0) is 23.7. The van der Waals surface area contributed by atoms with Gasteiger partial charge in [-0.25, -0.2) is 0 Å². The molecule has 5 rings (SSSR count). The average Bonchev–Trinajstić information content (AvgIpc) is 3.53. The van der Waals surface area contributed by atoms with E-state index in [0.29, 0.717) is 22.6 Å². The van der Waals surface area contributed by atoms with Gasteiger partial charge in [0.25, 0.3) is 0 Å². The highest BCUT2D eigenvalue weighted by molar-refractivity contribution is 6.09. The van der Waals surface area contributed by atoms with E-state index in [2.05, 4.69) is 38.6 Å². The fraction of sp³-hybridized carbons (Fsp3) is 0.231. The molecule has 0 saturated heterocycles.